The van der Waals surface area contributed by atoms with Crippen molar-refractivity contribution in [1.29, 1.82) is 0 Å². The number of rotatable bonds is 7. The fourth-order valence-electron chi connectivity index (χ4n) is 2.95. The number of likely N-dealkylation sites (N-methyl/N-ethyl adjacent to an activating group) is 1. The van der Waals surface area contributed by atoms with E-state index in [0.29, 0.717) is 44.8 Å². The maximum atomic E-state index is 12.4. The molecule has 1 saturated heterocycles. The Morgan fingerprint density at radius 2 is 1.73 bits per heavy atom. The summed E-state index contributed by atoms with van der Waals surface area (Å²) in [6.45, 7) is 7.33. The molecule has 7 heteroatoms. The van der Waals surface area contributed by atoms with Gasteiger partial charge >= 0.3 is 0 Å². The normalized spacial score (nSPS) is 16.0. The Balaban J connectivity index is 1.73. The number of hydrogen-bond donors (Lipinski definition) is 2. The maximum Gasteiger partial charge on any atom is 0.251 e. The summed E-state index contributed by atoms with van der Waals surface area (Å²) in [5, 5.41) is 5.65. The van der Waals surface area contributed by atoms with Crippen molar-refractivity contribution in [2.75, 3.05) is 39.3 Å². The number of carbonyl (C=O) groups excluding carboxylic acids is 3. The van der Waals surface area contributed by atoms with E-state index in [1.807, 2.05) is 32.0 Å². The molecule has 3 amide bonds. The molecule has 1 aliphatic rings. The van der Waals surface area contributed by atoms with E-state index in [4.69, 9.17) is 0 Å². The van der Waals surface area contributed by atoms with Crippen molar-refractivity contribution >= 4 is 17.7 Å². The molecule has 142 valence electrons. The quantitative estimate of drug-likeness (QED) is 0.741. The molecular formula is C19H28N4O3. The highest BCUT2D eigenvalue weighted by atomic mass is 16.2. The van der Waals surface area contributed by atoms with E-state index in [1.165, 1.54) is 0 Å². The van der Waals surface area contributed by atoms with Gasteiger partial charge in [-0.1, -0.05) is 18.2 Å². The Hall–Kier alpha value is -2.41. The van der Waals surface area contributed by atoms with E-state index >= 15 is 0 Å². The standard InChI is InChI=1S/C19H28N4O3/c1-3-20-17(24)14-22-9-11-23(12-10-22)18(25)13-15(2)21-19(26)16-7-5-4-6-8-16/h4-8,15H,3,9-14H2,1-2H3,(H,20,24)(H,21,26). The Labute approximate surface area is 154 Å². The third-order valence-electron chi connectivity index (χ3n) is 4.36. The molecule has 26 heavy (non-hydrogen) atoms. The Kier molecular flexibility index (Phi) is 7.59. The first kappa shape index (κ1) is 19.9. The topological polar surface area (TPSA) is 81.8 Å². The van der Waals surface area contributed by atoms with E-state index in [-0.39, 0.29) is 30.2 Å². The molecule has 1 aromatic rings. The van der Waals surface area contributed by atoms with Crippen LogP contribution >= 0.6 is 0 Å². The van der Waals surface area contributed by atoms with Gasteiger partial charge in [-0.2, -0.15) is 0 Å². The van der Waals surface area contributed by atoms with Crippen LogP contribution in [0.4, 0.5) is 0 Å². The van der Waals surface area contributed by atoms with Crippen LogP contribution in [-0.4, -0.2) is 72.8 Å². The summed E-state index contributed by atoms with van der Waals surface area (Å²) in [5.74, 6) is -0.120. The van der Waals surface area contributed by atoms with Crippen LogP contribution in [-0.2, 0) is 9.59 Å². The van der Waals surface area contributed by atoms with E-state index in [2.05, 4.69) is 15.5 Å². The second kappa shape index (κ2) is 9.91. The average Bonchev–Trinajstić information content (AvgIpc) is 2.63. The van der Waals surface area contributed by atoms with Crippen molar-refractivity contribution in [3.05, 3.63) is 35.9 Å². The molecule has 0 aliphatic carbocycles. The van der Waals surface area contributed by atoms with Crippen molar-refractivity contribution in [1.82, 2.24) is 20.4 Å². The summed E-state index contributed by atoms with van der Waals surface area (Å²) in [6, 6.07) is 8.74. The van der Waals surface area contributed by atoms with Crippen LogP contribution in [0.1, 0.15) is 30.6 Å². The van der Waals surface area contributed by atoms with Gasteiger partial charge in [0.1, 0.15) is 0 Å². The molecule has 0 saturated carbocycles. The fraction of sp³-hybridized carbons (Fsp3) is 0.526. The monoisotopic (exact) mass is 360 g/mol. The number of carbonyl (C=O) groups is 3. The van der Waals surface area contributed by atoms with Crippen LogP contribution in [0.5, 0.6) is 0 Å². The zero-order chi connectivity index (χ0) is 18.9. The van der Waals surface area contributed by atoms with Crippen LogP contribution in [0.15, 0.2) is 30.3 Å². The molecule has 1 aromatic carbocycles. The number of nitrogens with zero attached hydrogens (tertiary/aromatic N) is 2. The molecule has 2 rings (SSSR count). The zero-order valence-corrected chi connectivity index (χ0v) is 15.5. The summed E-state index contributed by atoms with van der Waals surface area (Å²) in [7, 11) is 0. The van der Waals surface area contributed by atoms with Gasteiger partial charge in [-0.15, -0.1) is 0 Å². The van der Waals surface area contributed by atoms with Gasteiger partial charge in [-0.05, 0) is 26.0 Å². The predicted octanol–water partition coefficient (Wildman–Crippen LogP) is 0.475. The SMILES string of the molecule is CCNC(=O)CN1CCN(C(=O)CC(C)NC(=O)c2ccccc2)CC1. The van der Waals surface area contributed by atoms with Gasteiger partial charge in [0.2, 0.25) is 11.8 Å². The number of nitrogens with one attached hydrogen (secondary N) is 2. The second-order valence-electron chi connectivity index (χ2n) is 6.56. The molecular weight excluding hydrogens is 332 g/mol. The molecule has 1 fully saturated rings. The van der Waals surface area contributed by atoms with Crippen LogP contribution < -0.4 is 10.6 Å². The van der Waals surface area contributed by atoms with Gasteiger partial charge in [0.15, 0.2) is 0 Å². The molecule has 1 atom stereocenters. The van der Waals surface area contributed by atoms with Crippen molar-refractivity contribution < 1.29 is 14.4 Å². The van der Waals surface area contributed by atoms with Gasteiger partial charge < -0.3 is 15.5 Å². The summed E-state index contributed by atoms with van der Waals surface area (Å²) in [5.41, 5.74) is 0.589. The largest absolute Gasteiger partial charge is 0.355 e. The van der Waals surface area contributed by atoms with Gasteiger partial charge in [0.25, 0.3) is 5.91 Å². The third kappa shape index (κ3) is 6.15. The molecule has 7 nitrogen and oxygen atoms in total. The van der Waals surface area contributed by atoms with Gasteiger partial charge in [0, 0.05) is 50.7 Å². The number of hydrogen-bond acceptors (Lipinski definition) is 4. The summed E-state index contributed by atoms with van der Waals surface area (Å²) < 4.78 is 0. The lowest BCUT2D eigenvalue weighted by molar-refractivity contribution is -0.133. The zero-order valence-electron chi connectivity index (χ0n) is 15.5. The summed E-state index contributed by atoms with van der Waals surface area (Å²) in [6.07, 6.45) is 0.273. The second-order valence-corrected chi connectivity index (χ2v) is 6.56. The lowest BCUT2D eigenvalue weighted by Crippen LogP contribution is -2.52. The highest BCUT2D eigenvalue weighted by Gasteiger charge is 2.23. The van der Waals surface area contributed by atoms with Crippen LogP contribution in [0.3, 0.4) is 0 Å². The van der Waals surface area contributed by atoms with E-state index < -0.39 is 0 Å². The lowest BCUT2D eigenvalue weighted by atomic mass is 10.1. The van der Waals surface area contributed by atoms with Gasteiger partial charge in [-0.25, -0.2) is 0 Å². The first-order chi connectivity index (χ1) is 12.5. The number of amides is 3. The third-order valence-corrected chi connectivity index (χ3v) is 4.36. The minimum atomic E-state index is -0.233. The van der Waals surface area contributed by atoms with E-state index in [1.54, 1.807) is 17.0 Å². The van der Waals surface area contributed by atoms with Crippen molar-refractivity contribution in [2.24, 2.45) is 0 Å². The Morgan fingerprint density at radius 3 is 2.35 bits per heavy atom. The van der Waals surface area contributed by atoms with Gasteiger partial charge in [0.05, 0.1) is 6.54 Å². The van der Waals surface area contributed by atoms with Crippen LogP contribution in [0, 0.1) is 0 Å². The molecule has 0 bridgehead atoms. The highest BCUT2D eigenvalue weighted by molar-refractivity contribution is 5.94. The Morgan fingerprint density at radius 1 is 1.08 bits per heavy atom. The average molecular weight is 360 g/mol. The fourth-order valence-corrected chi connectivity index (χ4v) is 2.95. The molecule has 1 aliphatic heterocycles. The minimum absolute atomic E-state index is 0.0181. The van der Waals surface area contributed by atoms with Crippen molar-refractivity contribution in [3.63, 3.8) is 0 Å². The molecule has 0 aromatic heterocycles. The smallest absolute Gasteiger partial charge is 0.251 e. The first-order valence-electron chi connectivity index (χ1n) is 9.12. The van der Waals surface area contributed by atoms with Crippen molar-refractivity contribution in [3.8, 4) is 0 Å². The lowest BCUT2D eigenvalue weighted by Gasteiger charge is -2.34. The first-order valence-corrected chi connectivity index (χ1v) is 9.12. The summed E-state index contributed by atoms with van der Waals surface area (Å²) in [4.78, 5) is 40.0. The predicted molar refractivity (Wildman–Crippen MR) is 99.7 cm³/mol. The van der Waals surface area contributed by atoms with Crippen molar-refractivity contribution in [2.45, 2.75) is 26.3 Å². The van der Waals surface area contributed by atoms with E-state index in [9.17, 15) is 14.4 Å². The number of piperazine rings is 1. The van der Waals surface area contributed by atoms with Crippen LogP contribution in [0.2, 0.25) is 0 Å². The maximum absolute atomic E-state index is 12.4. The molecule has 2 N–H and O–H groups in total. The minimum Gasteiger partial charge on any atom is -0.355 e. The van der Waals surface area contributed by atoms with E-state index in [0.717, 1.165) is 0 Å². The molecule has 0 spiro atoms. The molecule has 0 radical (unpaired) electrons. The number of benzene rings is 1. The molecule has 1 heterocycles. The Bertz CT molecular complexity index is 612. The highest BCUT2D eigenvalue weighted by Crippen LogP contribution is 2.06. The van der Waals surface area contributed by atoms with Crippen LogP contribution in [0.25, 0.3) is 0 Å². The molecule has 1 unspecified atom stereocenters. The summed E-state index contributed by atoms with van der Waals surface area (Å²) >= 11 is 0. The van der Waals surface area contributed by atoms with Gasteiger partial charge in [-0.3, -0.25) is 19.3 Å².